The molecule has 2 aromatic carbocycles. The fourth-order valence-corrected chi connectivity index (χ4v) is 2.13. The van der Waals surface area contributed by atoms with Crippen molar-refractivity contribution in [3.05, 3.63) is 53.6 Å². The number of carboxylic acids is 1. The standard InChI is InChI=1S/C18H20O3/c1-3-4-11-21-16-9-7-14(8-10-16)17-12-15(18(19)20)6-5-13(17)2/h5-10,12H,3-4,11H2,1-2H3,(H,19,20). The molecule has 3 nitrogen and oxygen atoms in total. The maximum Gasteiger partial charge on any atom is 0.335 e. The van der Waals surface area contributed by atoms with Crippen LogP contribution in [0.3, 0.4) is 0 Å². The van der Waals surface area contributed by atoms with E-state index in [0.717, 1.165) is 41.9 Å². The van der Waals surface area contributed by atoms with E-state index in [2.05, 4.69) is 6.92 Å². The molecule has 0 amide bonds. The first-order valence-corrected chi connectivity index (χ1v) is 7.19. The number of aromatic carboxylic acids is 1. The lowest BCUT2D eigenvalue weighted by Gasteiger charge is -2.09. The Bertz CT molecular complexity index is 615. The molecule has 0 aromatic heterocycles. The number of carbonyl (C=O) groups is 1. The molecule has 21 heavy (non-hydrogen) atoms. The molecule has 0 aliphatic heterocycles. The summed E-state index contributed by atoms with van der Waals surface area (Å²) in [6.07, 6.45) is 2.15. The lowest BCUT2D eigenvalue weighted by Crippen LogP contribution is -1.98. The number of hydrogen-bond donors (Lipinski definition) is 1. The number of carboxylic acid groups (broad SMARTS) is 1. The Morgan fingerprint density at radius 3 is 2.48 bits per heavy atom. The first-order chi connectivity index (χ1) is 10.1. The summed E-state index contributed by atoms with van der Waals surface area (Å²) in [7, 11) is 0. The van der Waals surface area contributed by atoms with E-state index < -0.39 is 5.97 Å². The van der Waals surface area contributed by atoms with Crippen molar-refractivity contribution in [2.24, 2.45) is 0 Å². The van der Waals surface area contributed by atoms with Crippen LogP contribution in [0.25, 0.3) is 11.1 Å². The molecule has 1 N–H and O–H groups in total. The van der Waals surface area contributed by atoms with Crippen LogP contribution in [0.5, 0.6) is 5.75 Å². The Labute approximate surface area is 125 Å². The molecule has 2 aromatic rings. The Kier molecular flexibility index (Phi) is 4.99. The van der Waals surface area contributed by atoms with Gasteiger partial charge in [-0.25, -0.2) is 4.79 Å². The second kappa shape index (κ2) is 6.93. The summed E-state index contributed by atoms with van der Waals surface area (Å²) in [4.78, 5) is 11.1. The fourth-order valence-electron chi connectivity index (χ4n) is 2.13. The molecule has 3 heteroatoms. The van der Waals surface area contributed by atoms with Gasteiger partial charge >= 0.3 is 5.97 Å². The lowest BCUT2D eigenvalue weighted by molar-refractivity contribution is 0.0697. The second-order valence-corrected chi connectivity index (χ2v) is 5.06. The number of hydrogen-bond acceptors (Lipinski definition) is 2. The number of rotatable bonds is 6. The molecule has 0 radical (unpaired) electrons. The summed E-state index contributed by atoms with van der Waals surface area (Å²) >= 11 is 0. The minimum absolute atomic E-state index is 0.305. The van der Waals surface area contributed by atoms with E-state index in [9.17, 15) is 4.79 Å². The molecular weight excluding hydrogens is 264 g/mol. The molecule has 0 saturated heterocycles. The van der Waals surface area contributed by atoms with Gasteiger partial charge in [0.1, 0.15) is 5.75 Å². The third kappa shape index (κ3) is 3.85. The van der Waals surface area contributed by atoms with Crippen LogP contribution in [0.4, 0.5) is 0 Å². The summed E-state index contributed by atoms with van der Waals surface area (Å²) in [5.74, 6) is -0.0602. The summed E-state index contributed by atoms with van der Waals surface area (Å²) in [6, 6.07) is 13.0. The van der Waals surface area contributed by atoms with Crippen LogP contribution < -0.4 is 4.74 Å². The van der Waals surface area contributed by atoms with Crippen LogP contribution in [-0.4, -0.2) is 17.7 Å². The smallest absolute Gasteiger partial charge is 0.335 e. The average Bonchev–Trinajstić information content (AvgIpc) is 2.48. The Hall–Kier alpha value is -2.29. The molecule has 0 atom stereocenters. The van der Waals surface area contributed by atoms with Crippen LogP contribution in [0, 0.1) is 6.92 Å². The Morgan fingerprint density at radius 2 is 1.86 bits per heavy atom. The van der Waals surface area contributed by atoms with Crippen molar-refractivity contribution < 1.29 is 14.6 Å². The first-order valence-electron chi connectivity index (χ1n) is 7.19. The zero-order chi connectivity index (χ0) is 15.2. The third-order valence-electron chi connectivity index (χ3n) is 3.42. The van der Waals surface area contributed by atoms with Gasteiger partial charge in [-0.3, -0.25) is 0 Å². The van der Waals surface area contributed by atoms with Crippen LogP contribution in [0.1, 0.15) is 35.7 Å². The van der Waals surface area contributed by atoms with Gasteiger partial charge in [0.2, 0.25) is 0 Å². The highest BCUT2D eigenvalue weighted by atomic mass is 16.5. The van der Waals surface area contributed by atoms with Crippen LogP contribution in [0.2, 0.25) is 0 Å². The summed E-state index contributed by atoms with van der Waals surface area (Å²) in [5, 5.41) is 9.09. The van der Waals surface area contributed by atoms with Gasteiger partial charge in [-0.1, -0.05) is 31.5 Å². The molecule has 0 bridgehead atoms. The number of benzene rings is 2. The first kappa shape index (κ1) is 15.1. The van der Waals surface area contributed by atoms with Gasteiger partial charge in [0.15, 0.2) is 0 Å². The normalized spacial score (nSPS) is 10.4. The van der Waals surface area contributed by atoms with Crippen molar-refractivity contribution in [2.45, 2.75) is 26.7 Å². The fraction of sp³-hybridized carbons (Fsp3) is 0.278. The average molecular weight is 284 g/mol. The molecular formula is C18H20O3. The van der Waals surface area contributed by atoms with Crippen LogP contribution >= 0.6 is 0 Å². The van der Waals surface area contributed by atoms with Gasteiger partial charge in [-0.15, -0.1) is 0 Å². The maximum atomic E-state index is 11.1. The monoisotopic (exact) mass is 284 g/mol. The quantitative estimate of drug-likeness (QED) is 0.792. The van der Waals surface area contributed by atoms with Gasteiger partial charge in [0.05, 0.1) is 12.2 Å². The highest BCUT2D eigenvalue weighted by Gasteiger charge is 2.08. The minimum atomic E-state index is -0.907. The molecule has 0 aliphatic rings. The lowest BCUT2D eigenvalue weighted by atomic mass is 9.98. The predicted octanol–water partition coefficient (Wildman–Crippen LogP) is 4.54. The zero-order valence-electron chi connectivity index (χ0n) is 12.4. The van der Waals surface area contributed by atoms with E-state index in [1.54, 1.807) is 12.1 Å². The minimum Gasteiger partial charge on any atom is -0.494 e. The molecule has 0 fully saturated rings. The van der Waals surface area contributed by atoms with E-state index in [-0.39, 0.29) is 0 Å². The topological polar surface area (TPSA) is 46.5 Å². The van der Waals surface area contributed by atoms with Crippen molar-refractivity contribution in [1.82, 2.24) is 0 Å². The van der Waals surface area contributed by atoms with E-state index in [1.807, 2.05) is 37.3 Å². The summed E-state index contributed by atoms with van der Waals surface area (Å²) in [5.41, 5.74) is 3.30. The van der Waals surface area contributed by atoms with E-state index in [1.165, 1.54) is 0 Å². The van der Waals surface area contributed by atoms with Gasteiger partial charge in [-0.2, -0.15) is 0 Å². The van der Waals surface area contributed by atoms with E-state index in [4.69, 9.17) is 9.84 Å². The Morgan fingerprint density at radius 1 is 1.14 bits per heavy atom. The summed E-state index contributed by atoms with van der Waals surface area (Å²) in [6.45, 7) is 4.83. The van der Waals surface area contributed by atoms with Crippen molar-refractivity contribution in [3.8, 4) is 16.9 Å². The number of unbranched alkanes of at least 4 members (excludes halogenated alkanes) is 1. The van der Waals surface area contributed by atoms with Crippen LogP contribution in [-0.2, 0) is 0 Å². The van der Waals surface area contributed by atoms with Gasteiger partial charge in [0.25, 0.3) is 0 Å². The predicted molar refractivity (Wildman–Crippen MR) is 84.0 cm³/mol. The molecule has 0 spiro atoms. The van der Waals surface area contributed by atoms with Crippen molar-refractivity contribution in [1.29, 1.82) is 0 Å². The third-order valence-corrected chi connectivity index (χ3v) is 3.42. The van der Waals surface area contributed by atoms with Crippen molar-refractivity contribution in [2.75, 3.05) is 6.61 Å². The zero-order valence-corrected chi connectivity index (χ0v) is 12.4. The molecule has 110 valence electrons. The summed E-state index contributed by atoms with van der Waals surface area (Å²) < 4.78 is 5.64. The molecule has 0 heterocycles. The number of aryl methyl sites for hydroxylation is 1. The van der Waals surface area contributed by atoms with E-state index in [0.29, 0.717) is 5.56 Å². The molecule has 0 aliphatic carbocycles. The highest BCUT2D eigenvalue weighted by Crippen LogP contribution is 2.26. The maximum absolute atomic E-state index is 11.1. The van der Waals surface area contributed by atoms with Crippen molar-refractivity contribution >= 4 is 5.97 Å². The van der Waals surface area contributed by atoms with Gasteiger partial charge < -0.3 is 9.84 Å². The SMILES string of the molecule is CCCCOc1ccc(-c2cc(C(=O)O)ccc2C)cc1. The van der Waals surface area contributed by atoms with E-state index >= 15 is 0 Å². The number of ether oxygens (including phenoxy) is 1. The second-order valence-electron chi connectivity index (χ2n) is 5.06. The van der Waals surface area contributed by atoms with Crippen LogP contribution in [0.15, 0.2) is 42.5 Å². The van der Waals surface area contributed by atoms with Gasteiger partial charge in [-0.05, 0) is 54.3 Å². The molecule has 2 rings (SSSR count). The molecule has 0 unspecified atom stereocenters. The van der Waals surface area contributed by atoms with Gasteiger partial charge in [0, 0.05) is 0 Å². The largest absolute Gasteiger partial charge is 0.494 e. The Balaban J connectivity index is 2.22. The highest BCUT2D eigenvalue weighted by molar-refractivity contribution is 5.90. The molecule has 0 saturated carbocycles. The van der Waals surface area contributed by atoms with Crippen molar-refractivity contribution in [3.63, 3.8) is 0 Å².